The van der Waals surface area contributed by atoms with Crippen molar-refractivity contribution in [3.63, 3.8) is 0 Å². The van der Waals surface area contributed by atoms with Gasteiger partial charge in [0.25, 0.3) is 0 Å². The molecule has 136 valence electrons. The van der Waals surface area contributed by atoms with Crippen LogP contribution in [-0.2, 0) is 14.2 Å². The van der Waals surface area contributed by atoms with E-state index in [2.05, 4.69) is 0 Å². The molecular weight excluding hydrogens is 320 g/mol. The Hall–Kier alpha value is -0.440. The number of hydrogen-bond donors (Lipinski definition) is 8. The molecule has 0 radical (unpaired) electrons. The predicted octanol–water partition coefficient (Wildman–Crippen LogP) is -5.40. The number of rotatable bonds is 4. The van der Waals surface area contributed by atoms with Crippen LogP contribution in [0, 0.1) is 0 Å². The maximum atomic E-state index is 10.00. The molecule has 11 nitrogen and oxygen atoms in total. The molecule has 0 aromatic carbocycles. The van der Waals surface area contributed by atoms with Gasteiger partial charge < -0.3 is 55.1 Å². The fourth-order valence-corrected chi connectivity index (χ4v) is 2.56. The lowest BCUT2D eigenvalue weighted by atomic mass is 9.97. The lowest BCUT2D eigenvalue weighted by Crippen LogP contribution is -2.64. The van der Waals surface area contributed by atoms with Crippen LogP contribution in [0.2, 0.25) is 0 Å². The van der Waals surface area contributed by atoms with Gasteiger partial charge in [0.2, 0.25) is 0 Å². The largest absolute Gasteiger partial charge is 0.394 e. The van der Waals surface area contributed by atoms with E-state index in [9.17, 15) is 30.6 Å². The van der Waals surface area contributed by atoms with Crippen molar-refractivity contribution in [2.24, 2.45) is 0 Å². The maximum Gasteiger partial charge on any atom is 0.187 e. The zero-order valence-corrected chi connectivity index (χ0v) is 12.0. The van der Waals surface area contributed by atoms with Crippen LogP contribution in [0.3, 0.4) is 0 Å². The van der Waals surface area contributed by atoms with Gasteiger partial charge in [-0.3, -0.25) is 0 Å². The number of hydrogen-bond acceptors (Lipinski definition) is 11. The van der Waals surface area contributed by atoms with E-state index in [1.165, 1.54) is 0 Å². The molecule has 0 saturated carbocycles. The Morgan fingerprint density at radius 2 is 1.22 bits per heavy atom. The van der Waals surface area contributed by atoms with Crippen molar-refractivity contribution in [2.45, 2.75) is 61.4 Å². The molecule has 0 spiro atoms. The first-order valence-electron chi connectivity index (χ1n) is 7.08. The highest BCUT2D eigenvalue weighted by Crippen LogP contribution is 2.28. The van der Waals surface area contributed by atoms with Crippen LogP contribution in [-0.4, -0.2) is 115 Å². The molecule has 2 saturated heterocycles. The average Bonchev–Trinajstić information content (AvgIpc) is 2.54. The molecule has 0 aromatic rings. The van der Waals surface area contributed by atoms with Gasteiger partial charge in [0.05, 0.1) is 13.2 Å². The summed E-state index contributed by atoms with van der Waals surface area (Å²) in [7, 11) is 0. The summed E-state index contributed by atoms with van der Waals surface area (Å²) in [4.78, 5) is 0. The molecule has 10 atom stereocenters. The van der Waals surface area contributed by atoms with Crippen LogP contribution in [0.4, 0.5) is 0 Å². The van der Waals surface area contributed by atoms with Crippen LogP contribution >= 0.6 is 0 Å². The minimum absolute atomic E-state index is 0.667. The van der Waals surface area contributed by atoms with Gasteiger partial charge in [0.1, 0.15) is 48.8 Å². The van der Waals surface area contributed by atoms with Gasteiger partial charge in [0.15, 0.2) is 12.6 Å². The molecule has 2 fully saturated rings. The zero-order valence-electron chi connectivity index (χ0n) is 12.0. The number of aliphatic hydroxyl groups is 8. The minimum atomic E-state index is -1.76. The molecule has 2 rings (SSSR count). The summed E-state index contributed by atoms with van der Waals surface area (Å²) >= 11 is 0. The molecule has 0 aromatic heterocycles. The van der Waals surface area contributed by atoms with Gasteiger partial charge in [-0.05, 0) is 0 Å². The monoisotopic (exact) mass is 342 g/mol. The van der Waals surface area contributed by atoms with Crippen molar-refractivity contribution in [2.75, 3.05) is 13.2 Å². The van der Waals surface area contributed by atoms with E-state index >= 15 is 0 Å². The van der Waals surface area contributed by atoms with Crippen LogP contribution < -0.4 is 0 Å². The first kappa shape index (κ1) is 18.9. The summed E-state index contributed by atoms with van der Waals surface area (Å²) < 4.78 is 15.1. The van der Waals surface area contributed by atoms with Gasteiger partial charge in [-0.25, -0.2) is 0 Å². The van der Waals surface area contributed by atoms with Crippen LogP contribution in [0.15, 0.2) is 0 Å². The summed E-state index contributed by atoms with van der Waals surface area (Å²) in [6.07, 6.45) is -15.7. The quantitative estimate of drug-likeness (QED) is 0.243. The molecular formula is C12H22O11. The molecule has 2 heterocycles. The Balaban J connectivity index is 2.11. The lowest BCUT2D eigenvalue weighted by Gasteiger charge is -2.45. The van der Waals surface area contributed by atoms with E-state index in [0.717, 1.165) is 0 Å². The molecule has 6 unspecified atom stereocenters. The van der Waals surface area contributed by atoms with Crippen LogP contribution in [0.5, 0.6) is 0 Å². The second-order valence-corrected chi connectivity index (χ2v) is 5.53. The molecule has 0 bridgehead atoms. The van der Waals surface area contributed by atoms with E-state index in [-0.39, 0.29) is 0 Å². The van der Waals surface area contributed by atoms with E-state index < -0.39 is 74.6 Å². The topological polar surface area (TPSA) is 190 Å². The van der Waals surface area contributed by atoms with Gasteiger partial charge >= 0.3 is 0 Å². The van der Waals surface area contributed by atoms with Crippen molar-refractivity contribution in [3.8, 4) is 0 Å². The predicted molar refractivity (Wildman–Crippen MR) is 68.6 cm³/mol. The second-order valence-electron chi connectivity index (χ2n) is 5.53. The van der Waals surface area contributed by atoms with Crippen molar-refractivity contribution in [1.82, 2.24) is 0 Å². The standard InChI is InChI=1S/C12H22O11/c13-1-3-5(15)7(17)8(18)12(22-3)23-10-6(16)4(2-14)21-11(20)9(10)19/h3-20H,1-2H2/t3?,4?,5-,6-,7?,8?,9?,10?,11-,12-/m1/s1. The summed E-state index contributed by atoms with van der Waals surface area (Å²) in [6, 6.07) is 0. The van der Waals surface area contributed by atoms with Gasteiger partial charge in [0, 0.05) is 0 Å². The highest BCUT2D eigenvalue weighted by atomic mass is 16.7. The van der Waals surface area contributed by atoms with E-state index in [1.54, 1.807) is 0 Å². The van der Waals surface area contributed by atoms with Crippen molar-refractivity contribution in [3.05, 3.63) is 0 Å². The van der Waals surface area contributed by atoms with E-state index in [0.29, 0.717) is 0 Å². The normalized spacial score (nSPS) is 51.7. The molecule has 2 aliphatic heterocycles. The van der Waals surface area contributed by atoms with E-state index in [1.807, 2.05) is 0 Å². The number of ether oxygens (including phenoxy) is 3. The van der Waals surface area contributed by atoms with E-state index in [4.69, 9.17) is 24.4 Å². The van der Waals surface area contributed by atoms with Crippen LogP contribution in [0.1, 0.15) is 0 Å². The zero-order chi connectivity index (χ0) is 17.3. The van der Waals surface area contributed by atoms with Gasteiger partial charge in [-0.1, -0.05) is 0 Å². The van der Waals surface area contributed by atoms with Crippen molar-refractivity contribution >= 4 is 0 Å². The summed E-state index contributed by atoms with van der Waals surface area (Å²) in [5.74, 6) is 0. The fourth-order valence-electron chi connectivity index (χ4n) is 2.56. The smallest absolute Gasteiger partial charge is 0.187 e. The van der Waals surface area contributed by atoms with Gasteiger partial charge in [-0.15, -0.1) is 0 Å². The second kappa shape index (κ2) is 7.63. The average molecular weight is 342 g/mol. The maximum absolute atomic E-state index is 10.00. The third-order valence-corrected chi connectivity index (χ3v) is 3.98. The molecule has 0 aliphatic carbocycles. The highest BCUT2D eigenvalue weighted by Gasteiger charge is 2.50. The summed E-state index contributed by atoms with van der Waals surface area (Å²) in [5.41, 5.74) is 0. The third-order valence-electron chi connectivity index (χ3n) is 3.98. The first-order valence-corrected chi connectivity index (χ1v) is 7.08. The minimum Gasteiger partial charge on any atom is -0.394 e. The van der Waals surface area contributed by atoms with Crippen molar-refractivity contribution < 1.29 is 55.1 Å². The Kier molecular flexibility index (Phi) is 6.27. The molecule has 23 heavy (non-hydrogen) atoms. The Morgan fingerprint density at radius 1 is 0.652 bits per heavy atom. The first-order chi connectivity index (χ1) is 10.8. The third kappa shape index (κ3) is 3.65. The fraction of sp³-hybridized carbons (Fsp3) is 1.00. The Bertz CT molecular complexity index is 380. The Labute approximate surface area is 130 Å². The lowest BCUT2D eigenvalue weighted by molar-refractivity contribution is -0.355. The number of aliphatic hydroxyl groups excluding tert-OH is 8. The van der Waals surface area contributed by atoms with Gasteiger partial charge in [-0.2, -0.15) is 0 Å². The summed E-state index contributed by atoms with van der Waals surface area (Å²) in [6.45, 7) is -1.34. The molecule has 11 heteroatoms. The summed E-state index contributed by atoms with van der Waals surface area (Å²) in [5, 5.41) is 76.8. The molecule has 0 amide bonds. The van der Waals surface area contributed by atoms with Crippen LogP contribution in [0.25, 0.3) is 0 Å². The molecule has 8 N–H and O–H groups in total. The van der Waals surface area contributed by atoms with Crippen molar-refractivity contribution in [1.29, 1.82) is 0 Å². The Morgan fingerprint density at radius 3 is 1.78 bits per heavy atom. The SMILES string of the molecule is OCC1O[C@H](OC2C(O)[C@H](O)OC(CO)[C@H]2O)C(O)C(O)[C@@H]1O. The molecule has 2 aliphatic rings. The highest BCUT2D eigenvalue weighted by molar-refractivity contribution is 4.93.